The summed E-state index contributed by atoms with van der Waals surface area (Å²) in [6, 6.07) is 6.09. The summed E-state index contributed by atoms with van der Waals surface area (Å²) < 4.78 is 6.75. The molecule has 1 atom stereocenters. The van der Waals surface area contributed by atoms with E-state index in [1.807, 2.05) is 0 Å². The number of imidazole rings is 1. The van der Waals surface area contributed by atoms with E-state index in [2.05, 4.69) is 15.3 Å². The smallest absolute Gasteiger partial charge is 0.410 e. The van der Waals surface area contributed by atoms with Gasteiger partial charge in [0.25, 0.3) is 11.8 Å². The number of carbonyl (C=O) groups is 3. The number of nitrogens with two attached hydrogens (primary N) is 2. The van der Waals surface area contributed by atoms with Gasteiger partial charge in [-0.1, -0.05) is 12.1 Å². The van der Waals surface area contributed by atoms with Crippen molar-refractivity contribution in [3.05, 3.63) is 52.9 Å². The van der Waals surface area contributed by atoms with Gasteiger partial charge in [-0.15, -0.1) is 11.3 Å². The Labute approximate surface area is 212 Å². The fourth-order valence-electron chi connectivity index (χ4n) is 4.09. The highest BCUT2D eigenvalue weighted by molar-refractivity contribution is 7.13. The maximum Gasteiger partial charge on any atom is 0.410 e. The van der Waals surface area contributed by atoms with E-state index in [1.165, 1.54) is 11.3 Å². The van der Waals surface area contributed by atoms with E-state index in [0.717, 1.165) is 17.5 Å². The molecule has 190 valence electrons. The Hall–Kier alpha value is -3.93. The number of anilines is 1. The van der Waals surface area contributed by atoms with Crippen molar-refractivity contribution in [1.82, 2.24) is 19.5 Å². The number of nitrogen functional groups attached to an aromatic ring is 1. The van der Waals surface area contributed by atoms with Gasteiger partial charge in [0.2, 0.25) is 0 Å². The van der Waals surface area contributed by atoms with Gasteiger partial charge in [0, 0.05) is 29.2 Å². The molecule has 3 amide bonds. The fourth-order valence-corrected chi connectivity index (χ4v) is 4.62. The lowest BCUT2D eigenvalue weighted by Crippen LogP contribution is -2.43. The van der Waals surface area contributed by atoms with Gasteiger partial charge in [-0.05, 0) is 52.2 Å². The third-order valence-corrected chi connectivity index (χ3v) is 6.36. The molecule has 1 fully saturated rings. The molecular formula is C24H29N7O4S. The van der Waals surface area contributed by atoms with Gasteiger partial charge in [-0.25, -0.2) is 19.4 Å². The first kappa shape index (κ1) is 25.2. The maximum absolute atomic E-state index is 12.9. The number of primary amides is 1. The lowest BCUT2D eigenvalue weighted by atomic mass is 10.0. The van der Waals surface area contributed by atoms with Crippen LogP contribution in [-0.4, -0.2) is 49.6 Å². The number of benzene rings is 1. The second kappa shape index (κ2) is 9.97. The molecular weight excluding hydrogens is 482 g/mol. The van der Waals surface area contributed by atoms with Crippen LogP contribution in [-0.2, 0) is 4.74 Å². The lowest BCUT2D eigenvalue weighted by molar-refractivity contribution is 0.00821. The largest absolute Gasteiger partial charge is 0.444 e. The molecule has 0 bridgehead atoms. The zero-order valence-corrected chi connectivity index (χ0v) is 21.2. The molecule has 3 aromatic rings. The van der Waals surface area contributed by atoms with Crippen LogP contribution in [0.15, 0.2) is 35.8 Å². The van der Waals surface area contributed by atoms with Crippen LogP contribution in [0.5, 0.6) is 0 Å². The first-order valence-corrected chi connectivity index (χ1v) is 12.4. The second-order valence-corrected chi connectivity index (χ2v) is 10.4. The molecule has 0 unspecified atom stereocenters. The number of carbonyl (C=O) groups excluding carboxylic acids is 3. The minimum atomic E-state index is -0.753. The summed E-state index contributed by atoms with van der Waals surface area (Å²) in [6.45, 7) is 5.89. The molecule has 36 heavy (non-hydrogen) atoms. The fraction of sp³-hybridized carbons (Fsp3) is 0.375. The van der Waals surface area contributed by atoms with Gasteiger partial charge in [-0.3, -0.25) is 19.8 Å². The molecule has 1 aliphatic rings. The van der Waals surface area contributed by atoms with Gasteiger partial charge in [0.05, 0.1) is 6.04 Å². The molecule has 3 heterocycles. The lowest BCUT2D eigenvalue weighted by Gasteiger charge is -2.36. The number of nitrogens with one attached hydrogen (secondary N) is 1. The molecule has 1 saturated heterocycles. The number of likely N-dealkylation sites (tertiary alicyclic amines) is 1. The average Bonchev–Trinajstić information content (AvgIpc) is 3.45. The predicted octanol–water partition coefficient (Wildman–Crippen LogP) is 3.53. The van der Waals surface area contributed by atoms with Crippen LogP contribution in [0.3, 0.4) is 0 Å². The first-order chi connectivity index (χ1) is 17.0. The molecule has 0 spiro atoms. The van der Waals surface area contributed by atoms with Crippen molar-refractivity contribution in [2.24, 2.45) is 5.73 Å². The molecule has 0 radical (unpaired) electrons. The van der Waals surface area contributed by atoms with Crippen molar-refractivity contribution >= 4 is 34.4 Å². The first-order valence-electron chi connectivity index (χ1n) is 11.5. The van der Waals surface area contributed by atoms with Crippen molar-refractivity contribution in [3.63, 3.8) is 0 Å². The number of hydrogen-bond donors (Lipinski definition) is 3. The van der Waals surface area contributed by atoms with Gasteiger partial charge in [-0.2, -0.15) is 0 Å². The molecule has 4 rings (SSSR count). The van der Waals surface area contributed by atoms with Crippen LogP contribution in [0.4, 0.5) is 9.93 Å². The minimum absolute atomic E-state index is 0.0136. The molecule has 0 saturated carbocycles. The Morgan fingerprint density at radius 2 is 1.89 bits per heavy atom. The van der Waals surface area contributed by atoms with E-state index in [0.29, 0.717) is 35.0 Å². The second-order valence-electron chi connectivity index (χ2n) is 9.46. The Kier molecular flexibility index (Phi) is 6.97. The van der Waals surface area contributed by atoms with Crippen LogP contribution < -0.4 is 16.9 Å². The molecule has 5 N–H and O–H groups in total. The summed E-state index contributed by atoms with van der Waals surface area (Å²) in [4.78, 5) is 48.1. The van der Waals surface area contributed by atoms with Gasteiger partial charge >= 0.3 is 6.09 Å². The summed E-state index contributed by atoms with van der Waals surface area (Å²) >= 11 is 1.32. The van der Waals surface area contributed by atoms with Crippen LogP contribution in [0.2, 0.25) is 0 Å². The third kappa shape index (κ3) is 5.33. The minimum Gasteiger partial charge on any atom is -0.444 e. The molecule has 0 aliphatic carbocycles. The quantitative estimate of drug-likeness (QED) is 0.442. The zero-order chi connectivity index (χ0) is 26.0. The summed E-state index contributed by atoms with van der Waals surface area (Å²) in [7, 11) is 0. The normalized spacial score (nSPS) is 16.0. The van der Waals surface area contributed by atoms with E-state index in [-0.39, 0.29) is 17.3 Å². The number of nitrogens with zero attached hydrogens (tertiary/aromatic N) is 4. The molecule has 1 aromatic carbocycles. The summed E-state index contributed by atoms with van der Waals surface area (Å²) in [5, 5.41) is 4.98. The van der Waals surface area contributed by atoms with Crippen LogP contribution in [0.25, 0.3) is 11.3 Å². The number of piperidine rings is 1. The number of rotatable bonds is 5. The number of aromatic nitrogens is 3. The number of thiazole rings is 1. The molecule has 2 aromatic heterocycles. The topological polar surface area (TPSA) is 158 Å². The summed E-state index contributed by atoms with van der Waals surface area (Å²) in [5.41, 5.74) is 6.27. The summed E-state index contributed by atoms with van der Waals surface area (Å²) in [6.07, 6.45) is 3.43. The molecule has 12 heteroatoms. The van der Waals surface area contributed by atoms with E-state index >= 15 is 0 Å². The van der Waals surface area contributed by atoms with Crippen molar-refractivity contribution in [1.29, 1.82) is 0 Å². The highest BCUT2D eigenvalue weighted by Crippen LogP contribution is 2.34. The highest BCUT2D eigenvalue weighted by Gasteiger charge is 2.36. The van der Waals surface area contributed by atoms with Crippen LogP contribution >= 0.6 is 11.3 Å². The van der Waals surface area contributed by atoms with Gasteiger partial charge < -0.3 is 16.3 Å². The van der Waals surface area contributed by atoms with Crippen molar-refractivity contribution in [2.75, 3.05) is 17.7 Å². The highest BCUT2D eigenvalue weighted by atomic mass is 32.1. The van der Waals surface area contributed by atoms with Gasteiger partial charge in [0.1, 0.15) is 11.3 Å². The van der Waals surface area contributed by atoms with Gasteiger partial charge in [0.15, 0.2) is 16.6 Å². The zero-order valence-electron chi connectivity index (χ0n) is 20.4. The van der Waals surface area contributed by atoms with Crippen molar-refractivity contribution in [3.8, 4) is 11.3 Å². The molecule has 1 aliphatic heterocycles. The Bertz CT molecular complexity index is 1260. The Balaban J connectivity index is 1.65. The Morgan fingerprint density at radius 3 is 2.50 bits per heavy atom. The van der Waals surface area contributed by atoms with E-state index < -0.39 is 23.6 Å². The standard InChI is InChI=1S/C24H29N7O4S/c1-24(2,3)35-23(34)30-12-5-4-6-16(30)20-28-17(18(19(25)32)31(20)26)14-7-9-15(10-8-14)21(33)29-22-27-11-13-36-22/h7-11,13,16H,4-6,12,26H2,1-3H3,(H2,25,32)(H,27,29,33)/t16-/m0/s1. The maximum atomic E-state index is 12.9. The third-order valence-electron chi connectivity index (χ3n) is 5.67. The van der Waals surface area contributed by atoms with Crippen molar-refractivity contribution < 1.29 is 19.1 Å². The SMILES string of the molecule is CC(C)(C)OC(=O)N1CCCC[C@H]1c1nc(-c2ccc(C(=O)Nc3nccs3)cc2)c(C(N)=O)n1N. The average molecular weight is 512 g/mol. The van der Waals surface area contributed by atoms with E-state index in [1.54, 1.807) is 61.5 Å². The van der Waals surface area contributed by atoms with Crippen LogP contribution in [0.1, 0.15) is 72.7 Å². The van der Waals surface area contributed by atoms with Crippen molar-refractivity contribution in [2.45, 2.75) is 51.7 Å². The van der Waals surface area contributed by atoms with E-state index in [9.17, 15) is 14.4 Å². The number of ether oxygens (including phenoxy) is 1. The predicted molar refractivity (Wildman–Crippen MR) is 136 cm³/mol. The number of hydrogen-bond acceptors (Lipinski definition) is 8. The monoisotopic (exact) mass is 511 g/mol. The van der Waals surface area contributed by atoms with E-state index in [4.69, 9.17) is 16.3 Å². The van der Waals surface area contributed by atoms with Crippen LogP contribution in [0, 0.1) is 0 Å². The molecule has 11 nitrogen and oxygen atoms in total. The Morgan fingerprint density at radius 1 is 1.17 bits per heavy atom. The number of amides is 3. The summed E-state index contributed by atoms with van der Waals surface area (Å²) in [5.74, 6) is 5.60.